The van der Waals surface area contributed by atoms with Gasteiger partial charge in [0.25, 0.3) is 0 Å². The number of hydrogen-bond donors (Lipinski definition) is 3. The van der Waals surface area contributed by atoms with Crippen molar-refractivity contribution < 1.29 is 19.1 Å². The highest BCUT2D eigenvalue weighted by molar-refractivity contribution is 5.94. The number of fused-ring (bicyclic) bond motifs is 1. The van der Waals surface area contributed by atoms with Crippen LogP contribution in [-0.4, -0.2) is 43.1 Å². The standard InChI is InChI=1S/C22H27N3O2.C4H9NO2/c1-15-3-6-20-14-19(9-10-21(20)25(15)16(2)26)18-7-4-17(5-8-18)13-22(27)24-12-11-23;1-3(2)7-4(5)6/h4-5,7-10,14-15H,3,6,11-13,23H2,1-2H3,(H,24,27);3H,1-2H3,(H2,5,6)/t15-;/m0./s1. The fraction of sp³-hybridized carbons (Fsp3) is 0.423. The molecule has 1 atom stereocenters. The summed E-state index contributed by atoms with van der Waals surface area (Å²) < 4.78 is 4.39. The molecule has 3 amide bonds. The van der Waals surface area contributed by atoms with E-state index in [1.807, 2.05) is 29.2 Å². The zero-order valence-corrected chi connectivity index (χ0v) is 20.5. The molecule has 2 aromatic rings. The summed E-state index contributed by atoms with van der Waals surface area (Å²) in [6, 6.07) is 14.6. The summed E-state index contributed by atoms with van der Waals surface area (Å²) >= 11 is 0. The molecule has 2 aromatic carbocycles. The maximum absolute atomic E-state index is 12.0. The summed E-state index contributed by atoms with van der Waals surface area (Å²) in [7, 11) is 0. The van der Waals surface area contributed by atoms with Crippen molar-refractivity contribution >= 4 is 23.6 Å². The number of primary amides is 1. The lowest BCUT2D eigenvalue weighted by Gasteiger charge is -2.34. The lowest BCUT2D eigenvalue weighted by Crippen LogP contribution is -2.40. The lowest BCUT2D eigenvalue weighted by atomic mass is 9.92. The van der Waals surface area contributed by atoms with E-state index in [-0.39, 0.29) is 24.0 Å². The van der Waals surface area contributed by atoms with E-state index in [0.29, 0.717) is 19.5 Å². The largest absolute Gasteiger partial charge is 0.447 e. The first kappa shape index (κ1) is 26.9. The monoisotopic (exact) mass is 468 g/mol. The molecule has 0 aromatic heterocycles. The van der Waals surface area contributed by atoms with Crippen molar-refractivity contribution in [2.45, 2.75) is 59.1 Å². The summed E-state index contributed by atoms with van der Waals surface area (Å²) in [4.78, 5) is 35.5. The van der Waals surface area contributed by atoms with Crippen LogP contribution in [0, 0.1) is 0 Å². The number of anilines is 1. The topological polar surface area (TPSA) is 128 Å². The normalized spacial score (nSPS) is 14.5. The number of nitrogens with zero attached hydrogens (tertiary/aromatic N) is 1. The average Bonchev–Trinajstić information content (AvgIpc) is 2.77. The van der Waals surface area contributed by atoms with Crippen LogP contribution in [0.1, 0.15) is 45.2 Å². The number of nitrogens with one attached hydrogen (secondary N) is 1. The van der Waals surface area contributed by atoms with Gasteiger partial charge >= 0.3 is 6.09 Å². The molecular weight excluding hydrogens is 432 g/mol. The molecule has 184 valence electrons. The summed E-state index contributed by atoms with van der Waals surface area (Å²) in [5.74, 6) is 0.0777. The van der Waals surface area contributed by atoms with Gasteiger partial charge in [0.05, 0.1) is 12.5 Å². The van der Waals surface area contributed by atoms with Crippen LogP contribution < -0.4 is 21.7 Å². The lowest BCUT2D eigenvalue weighted by molar-refractivity contribution is -0.120. The number of carbonyl (C=O) groups is 3. The van der Waals surface area contributed by atoms with Crippen LogP contribution in [0.4, 0.5) is 10.5 Å². The van der Waals surface area contributed by atoms with Crippen LogP contribution in [0.15, 0.2) is 42.5 Å². The third-order valence-corrected chi connectivity index (χ3v) is 5.42. The van der Waals surface area contributed by atoms with Gasteiger partial charge in [-0.3, -0.25) is 9.59 Å². The van der Waals surface area contributed by atoms with Gasteiger partial charge in [0.15, 0.2) is 0 Å². The first-order valence-electron chi connectivity index (χ1n) is 11.6. The Labute approximate surface area is 201 Å². The SMILES string of the molecule is CC(=O)N1c2ccc(-c3ccc(CC(=O)NCCN)cc3)cc2CC[C@@H]1C.CC(C)OC(N)=O. The third-order valence-electron chi connectivity index (χ3n) is 5.42. The van der Waals surface area contributed by atoms with Gasteiger partial charge in [-0.15, -0.1) is 0 Å². The molecule has 1 aliphatic heterocycles. The number of amides is 3. The average molecular weight is 469 g/mol. The van der Waals surface area contributed by atoms with Gasteiger partial charge in [0.1, 0.15) is 0 Å². The second kappa shape index (κ2) is 12.7. The molecule has 0 saturated carbocycles. The minimum atomic E-state index is -0.713. The second-order valence-corrected chi connectivity index (χ2v) is 8.62. The van der Waals surface area contributed by atoms with Crippen molar-refractivity contribution in [2.75, 3.05) is 18.0 Å². The minimum Gasteiger partial charge on any atom is -0.447 e. The molecule has 8 heteroatoms. The fourth-order valence-electron chi connectivity index (χ4n) is 3.92. The maximum Gasteiger partial charge on any atom is 0.404 e. The van der Waals surface area contributed by atoms with Crippen molar-refractivity contribution in [1.82, 2.24) is 5.32 Å². The molecule has 5 N–H and O–H groups in total. The van der Waals surface area contributed by atoms with Crippen molar-refractivity contribution in [1.29, 1.82) is 0 Å². The molecule has 0 saturated heterocycles. The molecule has 0 unspecified atom stereocenters. The van der Waals surface area contributed by atoms with E-state index in [1.165, 1.54) is 5.56 Å². The first-order chi connectivity index (χ1) is 16.1. The Morgan fingerprint density at radius 3 is 2.29 bits per heavy atom. The van der Waals surface area contributed by atoms with E-state index in [0.717, 1.165) is 35.2 Å². The highest BCUT2D eigenvalue weighted by atomic mass is 16.6. The van der Waals surface area contributed by atoms with Crippen molar-refractivity contribution in [3.05, 3.63) is 53.6 Å². The van der Waals surface area contributed by atoms with Crippen LogP contribution in [0.2, 0.25) is 0 Å². The van der Waals surface area contributed by atoms with Gasteiger partial charge in [-0.2, -0.15) is 0 Å². The number of hydrogen-bond acceptors (Lipinski definition) is 5. The van der Waals surface area contributed by atoms with Gasteiger partial charge in [-0.1, -0.05) is 30.3 Å². The van der Waals surface area contributed by atoms with Crippen molar-refractivity contribution in [3.8, 4) is 11.1 Å². The number of aryl methyl sites for hydroxylation is 1. The number of ether oxygens (including phenoxy) is 1. The zero-order valence-electron chi connectivity index (χ0n) is 20.5. The van der Waals surface area contributed by atoms with Crippen molar-refractivity contribution in [3.63, 3.8) is 0 Å². The summed E-state index contributed by atoms with van der Waals surface area (Å²) in [6.45, 7) is 8.16. The first-order valence-corrected chi connectivity index (χ1v) is 11.6. The molecule has 1 heterocycles. The molecule has 0 radical (unpaired) electrons. The van der Waals surface area contributed by atoms with Crippen LogP contribution in [0.5, 0.6) is 0 Å². The van der Waals surface area contributed by atoms with Gasteiger partial charge in [-0.05, 0) is 68.0 Å². The van der Waals surface area contributed by atoms with Crippen LogP contribution in [0.25, 0.3) is 11.1 Å². The van der Waals surface area contributed by atoms with E-state index < -0.39 is 6.09 Å². The Morgan fingerprint density at radius 2 is 1.76 bits per heavy atom. The summed E-state index contributed by atoms with van der Waals surface area (Å²) in [6.07, 6.45) is 1.50. The highest BCUT2D eigenvalue weighted by Gasteiger charge is 2.26. The van der Waals surface area contributed by atoms with E-state index in [4.69, 9.17) is 5.73 Å². The number of rotatable bonds is 6. The molecule has 3 rings (SSSR count). The Balaban J connectivity index is 0.000000509. The van der Waals surface area contributed by atoms with Crippen molar-refractivity contribution in [2.24, 2.45) is 11.5 Å². The zero-order chi connectivity index (χ0) is 25.3. The quantitative estimate of drug-likeness (QED) is 0.600. The number of carbonyl (C=O) groups excluding carboxylic acids is 3. The van der Waals surface area contributed by atoms with E-state index >= 15 is 0 Å². The minimum absolute atomic E-state index is 0.0135. The third kappa shape index (κ3) is 7.88. The fourth-order valence-corrected chi connectivity index (χ4v) is 3.92. The predicted molar refractivity (Wildman–Crippen MR) is 134 cm³/mol. The molecular formula is C26H36N4O4. The smallest absolute Gasteiger partial charge is 0.404 e. The number of nitrogens with two attached hydrogens (primary N) is 2. The summed E-state index contributed by atoms with van der Waals surface area (Å²) in [5.41, 5.74) is 15.5. The number of benzene rings is 2. The molecule has 0 fully saturated rings. The predicted octanol–water partition coefficient (Wildman–Crippen LogP) is 3.15. The summed E-state index contributed by atoms with van der Waals surface area (Å²) in [5, 5.41) is 2.78. The second-order valence-electron chi connectivity index (χ2n) is 8.62. The van der Waals surface area contributed by atoms with E-state index in [2.05, 4.69) is 40.9 Å². The molecule has 8 nitrogen and oxygen atoms in total. The van der Waals surface area contributed by atoms with Crippen LogP contribution >= 0.6 is 0 Å². The van der Waals surface area contributed by atoms with Crippen LogP contribution in [-0.2, 0) is 27.2 Å². The van der Waals surface area contributed by atoms with Gasteiger partial charge in [0.2, 0.25) is 11.8 Å². The Kier molecular flexibility index (Phi) is 10.1. The highest BCUT2D eigenvalue weighted by Crippen LogP contribution is 2.34. The Bertz CT molecular complexity index is 989. The van der Waals surface area contributed by atoms with Gasteiger partial charge in [0, 0.05) is 31.7 Å². The van der Waals surface area contributed by atoms with E-state index in [1.54, 1.807) is 20.8 Å². The van der Waals surface area contributed by atoms with Crippen LogP contribution in [0.3, 0.4) is 0 Å². The molecule has 1 aliphatic rings. The Morgan fingerprint density at radius 1 is 1.12 bits per heavy atom. The molecule has 34 heavy (non-hydrogen) atoms. The molecule has 0 bridgehead atoms. The maximum atomic E-state index is 12.0. The van der Waals surface area contributed by atoms with Gasteiger partial charge in [-0.25, -0.2) is 4.79 Å². The Hall–Kier alpha value is -3.39. The molecule has 0 spiro atoms. The molecule has 0 aliphatic carbocycles. The van der Waals surface area contributed by atoms with Gasteiger partial charge < -0.3 is 26.4 Å². The van der Waals surface area contributed by atoms with E-state index in [9.17, 15) is 14.4 Å².